The normalized spacial score (nSPS) is 16.4. The molecule has 9 heteroatoms. The highest BCUT2D eigenvalue weighted by Gasteiger charge is 2.35. The van der Waals surface area contributed by atoms with Gasteiger partial charge >= 0.3 is 6.18 Å². The van der Waals surface area contributed by atoms with Gasteiger partial charge in [-0.1, -0.05) is 13.8 Å². The highest BCUT2D eigenvalue weighted by Crippen LogP contribution is 2.38. The molecule has 1 N–H and O–H groups in total. The summed E-state index contributed by atoms with van der Waals surface area (Å²) in [6.45, 7) is 5.13. The molecule has 162 valence electrons. The highest BCUT2D eigenvalue weighted by molar-refractivity contribution is 7.99. The predicted molar refractivity (Wildman–Crippen MR) is 113 cm³/mol. The quantitative estimate of drug-likeness (QED) is 0.625. The lowest BCUT2D eigenvalue weighted by atomic mass is 9.96. The molecule has 1 unspecified atom stereocenters. The van der Waals surface area contributed by atoms with Gasteiger partial charge in [0.25, 0.3) is 0 Å². The van der Waals surface area contributed by atoms with E-state index in [9.17, 15) is 18.0 Å². The molecule has 1 fully saturated rings. The zero-order chi connectivity index (χ0) is 21.7. The molecule has 3 rings (SSSR count). The van der Waals surface area contributed by atoms with Gasteiger partial charge in [0.1, 0.15) is 0 Å². The Morgan fingerprint density at radius 1 is 1.27 bits per heavy atom. The summed E-state index contributed by atoms with van der Waals surface area (Å²) in [5.74, 6) is -0.123. The van der Waals surface area contributed by atoms with Crippen molar-refractivity contribution in [1.82, 2.24) is 9.97 Å². The minimum Gasteiger partial charge on any atom is -0.341 e. The molecule has 2 aromatic rings. The van der Waals surface area contributed by atoms with E-state index in [0.29, 0.717) is 36.8 Å². The van der Waals surface area contributed by atoms with Crippen molar-refractivity contribution in [3.63, 3.8) is 0 Å². The first-order chi connectivity index (χ1) is 14.3. The first-order valence-corrected chi connectivity index (χ1v) is 10.9. The fraction of sp³-hybridized carbons (Fsp3) is 0.476. The van der Waals surface area contributed by atoms with Crippen molar-refractivity contribution in [1.29, 1.82) is 0 Å². The molecule has 1 aliphatic rings. The summed E-state index contributed by atoms with van der Waals surface area (Å²) in [6, 6.07) is 5.85. The summed E-state index contributed by atoms with van der Waals surface area (Å²) in [6.07, 6.45) is 0.701. The average molecular weight is 439 g/mol. The third-order valence-corrected chi connectivity index (χ3v) is 6.43. The second-order valence-electron chi connectivity index (χ2n) is 7.34. The Bertz CT molecular complexity index is 855. The van der Waals surface area contributed by atoms with Gasteiger partial charge in [-0.2, -0.15) is 13.2 Å². The summed E-state index contributed by atoms with van der Waals surface area (Å²) in [5.41, 5.74) is -0.992. The molecule has 2 heterocycles. The van der Waals surface area contributed by atoms with E-state index in [1.807, 2.05) is 18.7 Å². The van der Waals surface area contributed by atoms with Gasteiger partial charge in [-0.25, -0.2) is 9.97 Å². The lowest BCUT2D eigenvalue weighted by Gasteiger charge is -2.31. The van der Waals surface area contributed by atoms with Crippen LogP contribution in [0.2, 0.25) is 0 Å². The average Bonchev–Trinajstić information content (AvgIpc) is 2.74. The second kappa shape index (κ2) is 9.68. The van der Waals surface area contributed by atoms with Crippen LogP contribution >= 0.6 is 11.8 Å². The number of alkyl halides is 3. The lowest BCUT2D eigenvalue weighted by Crippen LogP contribution is -2.39. The number of benzene rings is 1. The number of nitrogens with one attached hydrogen (secondary N) is 1. The summed E-state index contributed by atoms with van der Waals surface area (Å²) < 4.78 is 40.8. The maximum Gasteiger partial charge on any atom is 0.418 e. The first kappa shape index (κ1) is 22.4. The highest BCUT2D eigenvalue weighted by atomic mass is 32.2. The number of anilines is 2. The number of thioether (sulfide) groups is 1. The van der Waals surface area contributed by atoms with Gasteiger partial charge in [0.05, 0.1) is 11.3 Å². The summed E-state index contributed by atoms with van der Waals surface area (Å²) >= 11 is 1.40. The number of hydrogen-bond donors (Lipinski definition) is 1. The molecule has 1 aliphatic heterocycles. The smallest absolute Gasteiger partial charge is 0.341 e. The fourth-order valence-corrected chi connectivity index (χ4v) is 4.25. The Morgan fingerprint density at radius 3 is 2.53 bits per heavy atom. The third kappa shape index (κ3) is 5.65. The van der Waals surface area contributed by atoms with Gasteiger partial charge < -0.3 is 10.2 Å². The maximum atomic E-state index is 13.6. The maximum absolute atomic E-state index is 13.6. The minimum atomic E-state index is -4.54. The summed E-state index contributed by atoms with van der Waals surface area (Å²) in [7, 11) is 0. The van der Waals surface area contributed by atoms with E-state index >= 15 is 0 Å². The standard InChI is InChI=1S/C21H25F3N4OS/c1-3-14(2)30-16-5-6-18(17(13-16)21(22,23)24)27-19(29)15-7-11-28(12-8-15)20-25-9-4-10-26-20/h4-6,9-10,13-15H,3,7-8,11-12H2,1-2H3,(H,27,29). The zero-order valence-corrected chi connectivity index (χ0v) is 17.8. The Labute approximate surface area is 178 Å². The predicted octanol–water partition coefficient (Wildman–Crippen LogP) is 5.24. The van der Waals surface area contributed by atoms with Crippen LogP contribution in [-0.2, 0) is 11.0 Å². The van der Waals surface area contributed by atoms with E-state index in [1.165, 1.54) is 17.8 Å². The van der Waals surface area contributed by atoms with Gasteiger partial charge in [0.15, 0.2) is 0 Å². The number of carbonyl (C=O) groups excluding carboxylic acids is 1. The molecule has 1 aromatic carbocycles. The van der Waals surface area contributed by atoms with Crippen LogP contribution in [0.25, 0.3) is 0 Å². The van der Waals surface area contributed by atoms with E-state index in [1.54, 1.807) is 24.5 Å². The van der Waals surface area contributed by atoms with Crippen LogP contribution < -0.4 is 10.2 Å². The molecule has 0 radical (unpaired) electrons. The van der Waals surface area contributed by atoms with E-state index in [4.69, 9.17) is 0 Å². The van der Waals surface area contributed by atoms with E-state index in [2.05, 4.69) is 15.3 Å². The zero-order valence-electron chi connectivity index (χ0n) is 16.9. The minimum absolute atomic E-state index is 0.185. The monoisotopic (exact) mass is 438 g/mol. The van der Waals surface area contributed by atoms with Gasteiger partial charge in [0.2, 0.25) is 11.9 Å². The Morgan fingerprint density at radius 2 is 1.93 bits per heavy atom. The van der Waals surface area contributed by atoms with Crippen LogP contribution in [0.1, 0.15) is 38.7 Å². The molecule has 0 aliphatic carbocycles. The molecule has 1 atom stereocenters. The van der Waals surface area contributed by atoms with Crippen molar-refractivity contribution >= 4 is 29.3 Å². The Balaban J connectivity index is 1.67. The number of rotatable bonds is 6. The van der Waals surface area contributed by atoms with Crippen molar-refractivity contribution in [2.75, 3.05) is 23.3 Å². The summed E-state index contributed by atoms with van der Waals surface area (Å²) in [4.78, 5) is 23.6. The SMILES string of the molecule is CCC(C)Sc1ccc(NC(=O)C2CCN(c3ncccn3)CC2)c(C(F)(F)F)c1. The first-order valence-electron chi connectivity index (χ1n) is 9.98. The molecule has 0 spiro atoms. The topological polar surface area (TPSA) is 58.1 Å². The van der Waals surface area contributed by atoms with E-state index in [0.717, 1.165) is 12.5 Å². The molecule has 0 saturated carbocycles. The lowest BCUT2D eigenvalue weighted by molar-refractivity contribution is -0.137. The molecular formula is C21H25F3N4OS. The number of hydrogen-bond acceptors (Lipinski definition) is 5. The van der Waals surface area contributed by atoms with Crippen molar-refractivity contribution in [2.45, 2.75) is 49.4 Å². The molecule has 30 heavy (non-hydrogen) atoms. The summed E-state index contributed by atoms with van der Waals surface area (Å²) in [5, 5.41) is 2.73. The number of amides is 1. The molecule has 0 bridgehead atoms. The second-order valence-corrected chi connectivity index (χ2v) is 8.85. The van der Waals surface area contributed by atoms with Crippen LogP contribution in [-0.4, -0.2) is 34.2 Å². The number of halogens is 3. The van der Waals surface area contributed by atoms with E-state index in [-0.39, 0.29) is 22.8 Å². The van der Waals surface area contributed by atoms with Gasteiger partial charge in [-0.3, -0.25) is 4.79 Å². The van der Waals surface area contributed by atoms with Crippen LogP contribution in [0.15, 0.2) is 41.6 Å². The van der Waals surface area contributed by atoms with Gasteiger partial charge in [-0.05, 0) is 43.5 Å². The van der Waals surface area contributed by atoms with Crippen LogP contribution in [0.4, 0.5) is 24.8 Å². The molecule has 1 saturated heterocycles. The van der Waals surface area contributed by atoms with Crippen LogP contribution in [0, 0.1) is 5.92 Å². The molecule has 1 aromatic heterocycles. The number of piperidine rings is 1. The Kier molecular flexibility index (Phi) is 7.23. The number of carbonyl (C=O) groups is 1. The fourth-order valence-electron chi connectivity index (χ4n) is 3.29. The van der Waals surface area contributed by atoms with E-state index < -0.39 is 11.7 Å². The van der Waals surface area contributed by atoms with Crippen molar-refractivity contribution in [3.05, 3.63) is 42.2 Å². The van der Waals surface area contributed by atoms with Crippen molar-refractivity contribution in [3.8, 4) is 0 Å². The number of aromatic nitrogens is 2. The third-order valence-electron chi connectivity index (χ3n) is 5.17. The van der Waals surface area contributed by atoms with Gasteiger partial charge in [0, 0.05) is 41.5 Å². The molecule has 5 nitrogen and oxygen atoms in total. The van der Waals surface area contributed by atoms with Crippen molar-refractivity contribution in [2.24, 2.45) is 5.92 Å². The Hall–Kier alpha value is -2.29. The van der Waals surface area contributed by atoms with Gasteiger partial charge in [-0.15, -0.1) is 11.8 Å². The molecule has 1 amide bonds. The largest absolute Gasteiger partial charge is 0.418 e. The molecular weight excluding hydrogens is 413 g/mol. The van der Waals surface area contributed by atoms with Crippen molar-refractivity contribution < 1.29 is 18.0 Å². The van der Waals surface area contributed by atoms with Crippen LogP contribution in [0.5, 0.6) is 0 Å². The van der Waals surface area contributed by atoms with Crippen LogP contribution in [0.3, 0.4) is 0 Å². The number of nitrogens with zero attached hydrogens (tertiary/aromatic N) is 3.